The number of ether oxygens (including phenoxy) is 2. The normalized spacial score (nSPS) is 19.6. The van der Waals surface area contributed by atoms with Gasteiger partial charge in [-0.25, -0.2) is 0 Å². The maximum atomic E-state index is 5.44. The molecule has 1 aliphatic rings. The summed E-state index contributed by atoms with van der Waals surface area (Å²) in [6.07, 6.45) is 2.65. The van der Waals surface area contributed by atoms with Crippen LogP contribution < -0.4 is 9.47 Å². The van der Waals surface area contributed by atoms with Gasteiger partial charge in [0.25, 0.3) is 0 Å². The Morgan fingerprint density at radius 2 is 2.04 bits per heavy atom. The molecule has 3 aromatic rings. The van der Waals surface area contributed by atoms with Gasteiger partial charge in [0.05, 0.1) is 26.0 Å². The fourth-order valence-electron chi connectivity index (χ4n) is 2.76. The van der Waals surface area contributed by atoms with Crippen LogP contribution >= 0.6 is 0 Å². The molecule has 23 heavy (non-hydrogen) atoms. The lowest BCUT2D eigenvalue weighted by Crippen LogP contribution is -1.91. The molecular formula is C17H16N2O4. The molecular weight excluding hydrogens is 296 g/mol. The fourth-order valence-corrected chi connectivity index (χ4v) is 2.76. The Kier molecular flexibility index (Phi) is 3.29. The number of hydrogen-bond acceptors (Lipinski definition) is 6. The van der Waals surface area contributed by atoms with E-state index in [-0.39, 0.29) is 5.92 Å². The van der Waals surface area contributed by atoms with Gasteiger partial charge in [-0.2, -0.15) is 4.98 Å². The number of benzene rings is 1. The molecule has 4 rings (SSSR count). The van der Waals surface area contributed by atoms with Crippen molar-refractivity contribution in [3.8, 4) is 22.9 Å². The lowest BCUT2D eigenvalue weighted by molar-refractivity contribution is 0.375. The topological polar surface area (TPSA) is 70.5 Å². The van der Waals surface area contributed by atoms with E-state index in [0.29, 0.717) is 23.4 Å². The van der Waals surface area contributed by atoms with Crippen LogP contribution in [-0.4, -0.2) is 24.4 Å². The monoisotopic (exact) mass is 312 g/mol. The minimum atomic E-state index is 0.228. The van der Waals surface area contributed by atoms with Crippen molar-refractivity contribution in [3.63, 3.8) is 0 Å². The molecule has 0 bridgehead atoms. The second-order valence-electron chi connectivity index (χ2n) is 5.49. The van der Waals surface area contributed by atoms with Crippen molar-refractivity contribution in [3.05, 3.63) is 48.2 Å². The zero-order valence-electron chi connectivity index (χ0n) is 12.9. The van der Waals surface area contributed by atoms with Crippen molar-refractivity contribution >= 4 is 0 Å². The number of nitrogens with zero attached hydrogens (tertiary/aromatic N) is 2. The molecule has 0 radical (unpaired) electrons. The molecule has 0 saturated heterocycles. The highest BCUT2D eigenvalue weighted by Crippen LogP contribution is 2.54. The summed E-state index contributed by atoms with van der Waals surface area (Å²) in [5, 5.41) is 4.09. The van der Waals surface area contributed by atoms with Crippen LogP contribution in [0.25, 0.3) is 11.4 Å². The molecule has 6 nitrogen and oxygen atoms in total. The van der Waals surface area contributed by atoms with Gasteiger partial charge in [0.2, 0.25) is 11.7 Å². The summed E-state index contributed by atoms with van der Waals surface area (Å²) < 4.78 is 21.5. The quantitative estimate of drug-likeness (QED) is 0.716. The maximum Gasteiger partial charge on any atom is 0.230 e. The molecule has 0 aliphatic heterocycles. The Morgan fingerprint density at radius 3 is 2.78 bits per heavy atom. The van der Waals surface area contributed by atoms with E-state index in [4.69, 9.17) is 18.4 Å². The molecule has 1 aromatic carbocycles. The van der Waals surface area contributed by atoms with Crippen molar-refractivity contribution in [1.29, 1.82) is 0 Å². The maximum absolute atomic E-state index is 5.44. The average molecular weight is 312 g/mol. The third kappa shape index (κ3) is 2.46. The van der Waals surface area contributed by atoms with Crippen molar-refractivity contribution < 1.29 is 18.4 Å². The van der Waals surface area contributed by atoms with Crippen LogP contribution in [-0.2, 0) is 0 Å². The number of furan rings is 1. The molecule has 0 spiro atoms. The van der Waals surface area contributed by atoms with Crippen molar-refractivity contribution in [1.82, 2.24) is 10.1 Å². The van der Waals surface area contributed by atoms with Gasteiger partial charge < -0.3 is 18.4 Å². The van der Waals surface area contributed by atoms with Crippen molar-refractivity contribution in [2.24, 2.45) is 0 Å². The molecule has 0 unspecified atom stereocenters. The number of hydrogen-bond donors (Lipinski definition) is 0. The van der Waals surface area contributed by atoms with E-state index in [9.17, 15) is 0 Å². The highest BCUT2D eigenvalue weighted by Gasteiger charge is 2.45. The largest absolute Gasteiger partial charge is 0.497 e. The standard InChI is InChI=1S/C17H16N2O4/c1-20-10-5-6-11(15(8-10)21-2)16-18-17(23-19-16)13-9-12(13)14-4-3-7-22-14/h3-8,12-13H,9H2,1-2H3/t12-,13+/m0/s1. The SMILES string of the molecule is COc1ccc(-c2noc([C@@H]3C[C@@H]3c3ccco3)n2)c(OC)c1. The lowest BCUT2D eigenvalue weighted by atomic mass is 10.2. The molecule has 0 amide bonds. The third-order valence-corrected chi connectivity index (χ3v) is 4.11. The first-order chi connectivity index (χ1) is 11.3. The minimum absolute atomic E-state index is 0.228. The molecule has 6 heteroatoms. The van der Waals surface area contributed by atoms with Crippen LogP contribution in [0.2, 0.25) is 0 Å². The Morgan fingerprint density at radius 1 is 1.13 bits per heavy atom. The zero-order valence-corrected chi connectivity index (χ0v) is 12.9. The van der Waals surface area contributed by atoms with E-state index >= 15 is 0 Å². The molecule has 2 atom stereocenters. The van der Waals surface area contributed by atoms with Crippen LogP contribution in [0.5, 0.6) is 11.5 Å². The molecule has 2 aromatic heterocycles. The molecule has 2 heterocycles. The third-order valence-electron chi connectivity index (χ3n) is 4.11. The second kappa shape index (κ2) is 5.46. The smallest absolute Gasteiger partial charge is 0.230 e. The molecule has 1 aliphatic carbocycles. The van der Waals surface area contributed by atoms with Gasteiger partial charge in [-0.3, -0.25) is 0 Å². The van der Waals surface area contributed by atoms with E-state index < -0.39 is 0 Å². The number of methoxy groups -OCH3 is 2. The van der Waals surface area contributed by atoms with E-state index in [2.05, 4.69) is 10.1 Å². The highest BCUT2D eigenvalue weighted by molar-refractivity contribution is 5.65. The van der Waals surface area contributed by atoms with Crippen molar-refractivity contribution in [2.75, 3.05) is 14.2 Å². The molecule has 1 saturated carbocycles. The summed E-state index contributed by atoms with van der Waals surface area (Å²) in [6.45, 7) is 0. The van der Waals surface area contributed by atoms with E-state index in [1.165, 1.54) is 0 Å². The zero-order chi connectivity index (χ0) is 15.8. The summed E-state index contributed by atoms with van der Waals surface area (Å²) in [6, 6.07) is 9.38. The lowest BCUT2D eigenvalue weighted by Gasteiger charge is -2.07. The first-order valence-corrected chi connectivity index (χ1v) is 7.39. The van der Waals surface area contributed by atoms with Crippen LogP contribution in [0.3, 0.4) is 0 Å². The van der Waals surface area contributed by atoms with Gasteiger partial charge >= 0.3 is 0 Å². The average Bonchev–Trinajstić information content (AvgIpc) is 3.03. The summed E-state index contributed by atoms with van der Waals surface area (Å²) in [5.74, 6) is 4.05. The van der Waals surface area contributed by atoms with Crippen LogP contribution in [0, 0.1) is 0 Å². The summed E-state index contributed by atoms with van der Waals surface area (Å²) in [4.78, 5) is 4.53. The second-order valence-corrected chi connectivity index (χ2v) is 5.49. The highest BCUT2D eigenvalue weighted by atomic mass is 16.5. The van der Waals surface area contributed by atoms with Gasteiger partial charge in [-0.1, -0.05) is 5.16 Å². The van der Waals surface area contributed by atoms with Crippen LogP contribution in [0.1, 0.15) is 29.9 Å². The minimum Gasteiger partial charge on any atom is -0.497 e. The molecule has 118 valence electrons. The van der Waals surface area contributed by atoms with Gasteiger partial charge in [-0.05, 0) is 30.7 Å². The van der Waals surface area contributed by atoms with E-state index in [1.54, 1.807) is 26.5 Å². The molecule has 1 fully saturated rings. The fraction of sp³-hybridized carbons (Fsp3) is 0.294. The van der Waals surface area contributed by atoms with Crippen molar-refractivity contribution in [2.45, 2.75) is 18.3 Å². The van der Waals surface area contributed by atoms with Gasteiger partial charge in [0, 0.05) is 17.9 Å². The first-order valence-electron chi connectivity index (χ1n) is 7.39. The van der Waals surface area contributed by atoms with Gasteiger partial charge in [0.1, 0.15) is 17.3 Å². The Balaban J connectivity index is 1.59. The summed E-state index contributed by atoms with van der Waals surface area (Å²) in [5.41, 5.74) is 0.776. The predicted octanol–water partition coefficient (Wildman–Crippen LogP) is 3.62. The predicted molar refractivity (Wildman–Crippen MR) is 81.6 cm³/mol. The Bertz CT molecular complexity index is 810. The molecule has 0 N–H and O–H groups in total. The van der Waals surface area contributed by atoms with E-state index in [0.717, 1.165) is 23.5 Å². The summed E-state index contributed by atoms with van der Waals surface area (Å²) in [7, 11) is 3.22. The Hall–Kier alpha value is -2.76. The van der Waals surface area contributed by atoms with Gasteiger partial charge in [-0.15, -0.1) is 0 Å². The van der Waals surface area contributed by atoms with Gasteiger partial charge in [0.15, 0.2) is 0 Å². The Labute approximate surface area is 133 Å². The van der Waals surface area contributed by atoms with E-state index in [1.807, 2.05) is 24.3 Å². The number of aromatic nitrogens is 2. The summed E-state index contributed by atoms with van der Waals surface area (Å²) >= 11 is 0. The van der Waals surface area contributed by atoms with Crippen LogP contribution in [0.15, 0.2) is 45.5 Å². The first kappa shape index (κ1) is 13.9. The number of rotatable bonds is 5. The van der Waals surface area contributed by atoms with Crippen LogP contribution in [0.4, 0.5) is 0 Å².